The van der Waals surface area contributed by atoms with Gasteiger partial charge in [0.25, 0.3) is 0 Å². The number of anilines is 1. The molecule has 7 heteroatoms. The lowest BCUT2D eigenvalue weighted by Crippen LogP contribution is -2.15. The second kappa shape index (κ2) is 4.95. The Kier molecular flexibility index (Phi) is 4.03. The highest BCUT2D eigenvalue weighted by molar-refractivity contribution is 7.90. The number of rotatable bonds is 4. The lowest BCUT2D eigenvalue weighted by Gasteiger charge is -2.12. The number of nitrogens with one attached hydrogen (secondary N) is 1. The van der Waals surface area contributed by atoms with E-state index in [0.29, 0.717) is 6.54 Å². The maximum absolute atomic E-state index is 13.6. The predicted molar refractivity (Wildman–Crippen MR) is 64.1 cm³/mol. The summed E-state index contributed by atoms with van der Waals surface area (Å²) in [5.41, 5.74) is 0.140. The van der Waals surface area contributed by atoms with Gasteiger partial charge in [0.1, 0.15) is 11.1 Å². The third kappa shape index (κ3) is 3.12. The Labute approximate surface area is 100 Å². The van der Waals surface area contributed by atoms with E-state index in [0.717, 1.165) is 6.26 Å². The number of hydrogen-bond acceptors (Lipinski definition) is 5. The Morgan fingerprint density at radius 1 is 1.41 bits per heavy atom. The first-order valence-corrected chi connectivity index (χ1v) is 7.19. The Balaban J connectivity index is 3.28. The van der Waals surface area contributed by atoms with Gasteiger partial charge in [0, 0.05) is 12.8 Å². The Morgan fingerprint density at radius 2 is 2.00 bits per heavy atom. The molecule has 0 aromatic carbocycles. The fourth-order valence-electron chi connectivity index (χ4n) is 1.24. The zero-order valence-electron chi connectivity index (χ0n) is 10.3. The van der Waals surface area contributed by atoms with Gasteiger partial charge >= 0.3 is 0 Å². The maximum Gasteiger partial charge on any atom is 0.186 e. The fraction of sp³-hybridized carbons (Fsp3) is 0.600. The van der Waals surface area contributed by atoms with E-state index >= 15 is 0 Å². The molecule has 1 N–H and O–H groups in total. The number of nitrogens with zero attached hydrogens (tertiary/aromatic N) is 2. The zero-order chi connectivity index (χ0) is 13.2. The van der Waals surface area contributed by atoms with E-state index in [1.165, 1.54) is 13.8 Å². The third-order valence-corrected chi connectivity index (χ3v) is 3.88. The molecule has 0 aliphatic rings. The van der Waals surface area contributed by atoms with Crippen molar-refractivity contribution in [2.24, 2.45) is 0 Å². The van der Waals surface area contributed by atoms with E-state index in [9.17, 15) is 12.8 Å². The third-order valence-electron chi connectivity index (χ3n) is 2.38. The van der Waals surface area contributed by atoms with Crippen LogP contribution in [0.2, 0.25) is 0 Å². The molecule has 0 bridgehead atoms. The number of halogens is 1. The van der Waals surface area contributed by atoms with E-state index in [4.69, 9.17) is 0 Å². The molecule has 17 heavy (non-hydrogen) atoms. The monoisotopic (exact) mass is 261 g/mol. The molecule has 1 aromatic rings. The van der Waals surface area contributed by atoms with Crippen LogP contribution in [0.15, 0.2) is 0 Å². The molecule has 0 saturated carbocycles. The first kappa shape index (κ1) is 13.8. The van der Waals surface area contributed by atoms with Crippen LogP contribution in [0.1, 0.15) is 30.6 Å². The van der Waals surface area contributed by atoms with Crippen LogP contribution in [0.3, 0.4) is 0 Å². The van der Waals surface area contributed by atoms with Crippen molar-refractivity contribution in [1.29, 1.82) is 0 Å². The van der Waals surface area contributed by atoms with Crippen LogP contribution >= 0.6 is 0 Å². The Hall–Kier alpha value is -1.24. The van der Waals surface area contributed by atoms with E-state index in [2.05, 4.69) is 15.3 Å². The largest absolute Gasteiger partial charge is 0.368 e. The SMILES string of the molecule is CCNc1nc(C(C)S(C)(=O)=O)nc(C)c1F. The van der Waals surface area contributed by atoms with Crippen molar-refractivity contribution in [3.8, 4) is 0 Å². The lowest BCUT2D eigenvalue weighted by atomic mass is 10.3. The summed E-state index contributed by atoms with van der Waals surface area (Å²) in [5, 5.41) is 1.89. The normalized spacial score (nSPS) is 13.5. The van der Waals surface area contributed by atoms with Gasteiger partial charge in [0.2, 0.25) is 0 Å². The highest BCUT2D eigenvalue weighted by Gasteiger charge is 2.22. The molecule has 5 nitrogen and oxygen atoms in total. The van der Waals surface area contributed by atoms with Gasteiger partial charge in [-0.15, -0.1) is 0 Å². The van der Waals surface area contributed by atoms with Crippen LogP contribution in [0.25, 0.3) is 0 Å². The molecule has 0 spiro atoms. The standard InChI is InChI=1S/C10H16FN3O2S/c1-5-12-10-8(11)6(2)13-9(14-10)7(3)17(4,15)16/h7H,5H2,1-4H3,(H,12,13,14). The van der Waals surface area contributed by atoms with Gasteiger partial charge in [-0.1, -0.05) is 0 Å². The minimum Gasteiger partial charge on any atom is -0.368 e. The number of hydrogen-bond donors (Lipinski definition) is 1. The molecule has 0 aliphatic heterocycles. The predicted octanol–water partition coefficient (Wildman–Crippen LogP) is 1.46. The van der Waals surface area contributed by atoms with Crippen molar-refractivity contribution < 1.29 is 12.8 Å². The van der Waals surface area contributed by atoms with Crippen molar-refractivity contribution in [2.75, 3.05) is 18.1 Å². The summed E-state index contributed by atoms with van der Waals surface area (Å²) in [6, 6.07) is 0. The van der Waals surface area contributed by atoms with Gasteiger partial charge in [-0.25, -0.2) is 22.8 Å². The summed E-state index contributed by atoms with van der Waals surface area (Å²) in [6.07, 6.45) is 1.10. The van der Waals surface area contributed by atoms with Crippen molar-refractivity contribution in [3.05, 3.63) is 17.3 Å². The zero-order valence-corrected chi connectivity index (χ0v) is 11.1. The van der Waals surface area contributed by atoms with Gasteiger partial charge in [-0.3, -0.25) is 0 Å². The van der Waals surface area contributed by atoms with E-state index in [1.807, 2.05) is 0 Å². The quantitative estimate of drug-likeness (QED) is 0.888. The molecule has 0 fully saturated rings. The molecule has 0 saturated heterocycles. The molecule has 0 amide bonds. The number of sulfone groups is 1. The van der Waals surface area contributed by atoms with E-state index in [1.54, 1.807) is 6.92 Å². The molecule has 96 valence electrons. The summed E-state index contributed by atoms with van der Waals surface area (Å²) in [7, 11) is -3.29. The van der Waals surface area contributed by atoms with Gasteiger partial charge in [0.05, 0.1) is 5.69 Å². The lowest BCUT2D eigenvalue weighted by molar-refractivity contribution is 0.581. The second-order valence-corrected chi connectivity index (χ2v) is 6.20. The van der Waals surface area contributed by atoms with Crippen molar-refractivity contribution in [2.45, 2.75) is 26.0 Å². The molecular formula is C10H16FN3O2S. The molecule has 1 atom stereocenters. The van der Waals surface area contributed by atoms with Crippen molar-refractivity contribution >= 4 is 15.7 Å². The maximum atomic E-state index is 13.6. The van der Waals surface area contributed by atoms with Crippen molar-refractivity contribution in [1.82, 2.24) is 9.97 Å². The Bertz CT molecular complexity index is 517. The van der Waals surface area contributed by atoms with Crippen LogP contribution in [0, 0.1) is 12.7 Å². The summed E-state index contributed by atoms with van der Waals surface area (Å²) in [4.78, 5) is 7.79. The summed E-state index contributed by atoms with van der Waals surface area (Å²) >= 11 is 0. The summed E-state index contributed by atoms with van der Waals surface area (Å²) < 4.78 is 36.4. The van der Waals surface area contributed by atoms with Crippen LogP contribution in [0.5, 0.6) is 0 Å². The average Bonchev–Trinajstić information content (AvgIpc) is 2.22. The van der Waals surface area contributed by atoms with Gasteiger partial charge in [-0.05, 0) is 20.8 Å². The highest BCUT2D eigenvalue weighted by Crippen LogP contribution is 2.21. The summed E-state index contributed by atoms with van der Waals surface area (Å²) in [5.74, 6) is -0.385. The number of aryl methyl sites for hydroxylation is 1. The summed E-state index contributed by atoms with van der Waals surface area (Å²) in [6.45, 7) is 5.27. The smallest absolute Gasteiger partial charge is 0.186 e. The van der Waals surface area contributed by atoms with Crippen molar-refractivity contribution in [3.63, 3.8) is 0 Å². The van der Waals surface area contributed by atoms with Crippen LogP contribution in [0.4, 0.5) is 10.2 Å². The molecule has 1 unspecified atom stereocenters. The van der Waals surface area contributed by atoms with E-state index in [-0.39, 0.29) is 17.3 Å². The molecule has 0 aliphatic carbocycles. The molecule has 1 rings (SSSR count). The van der Waals surface area contributed by atoms with Gasteiger partial charge < -0.3 is 5.32 Å². The molecular weight excluding hydrogens is 245 g/mol. The van der Waals surface area contributed by atoms with Crippen LogP contribution < -0.4 is 5.32 Å². The average molecular weight is 261 g/mol. The first-order valence-electron chi connectivity index (χ1n) is 5.24. The van der Waals surface area contributed by atoms with Crippen LogP contribution in [-0.4, -0.2) is 31.2 Å². The number of aromatic nitrogens is 2. The van der Waals surface area contributed by atoms with E-state index < -0.39 is 20.9 Å². The van der Waals surface area contributed by atoms with Crippen LogP contribution in [-0.2, 0) is 9.84 Å². The minimum absolute atomic E-state index is 0.0468. The minimum atomic E-state index is -3.29. The molecule has 1 heterocycles. The fourth-order valence-corrected chi connectivity index (χ4v) is 1.73. The molecule has 0 radical (unpaired) electrons. The first-order chi connectivity index (χ1) is 7.77. The second-order valence-electron chi connectivity index (χ2n) is 3.83. The van der Waals surface area contributed by atoms with Gasteiger partial charge in [-0.2, -0.15) is 0 Å². The molecule has 1 aromatic heterocycles. The Morgan fingerprint density at radius 3 is 2.47 bits per heavy atom. The topological polar surface area (TPSA) is 72.0 Å². The highest BCUT2D eigenvalue weighted by atomic mass is 32.2. The van der Waals surface area contributed by atoms with Gasteiger partial charge in [0.15, 0.2) is 21.5 Å².